The molecule has 0 saturated carbocycles. The molecule has 6 nitrogen and oxygen atoms in total. The van der Waals surface area contributed by atoms with Crippen molar-refractivity contribution in [2.45, 2.75) is 56.7 Å². The van der Waals surface area contributed by atoms with Gasteiger partial charge in [0.15, 0.2) is 0 Å². The molecule has 0 radical (unpaired) electrons. The van der Waals surface area contributed by atoms with Gasteiger partial charge in [-0.3, -0.25) is 4.79 Å². The van der Waals surface area contributed by atoms with Gasteiger partial charge in [0.1, 0.15) is 0 Å². The first-order valence-electron chi connectivity index (χ1n) is 7.42. The number of urea groups is 1. The Bertz CT molecular complexity index is 361. The highest BCUT2D eigenvalue weighted by Crippen LogP contribution is 2.32. The van der Waals surface area contributed by atoms with Gasteiger partial charge in [0, 0.05) is 31.7 Å². The molecule has 2 rings (SSSR count). The first-order chi connectivity index (χ1) is 9.47. The number of nitrogens with zero attached hydrogens (tertiary/aromatic N) is 2. The zero-order chi connectivity index (χ0) is 14.7. The molecule has 2 saturated heterocycles. The van der Waals surface area contributed by atoms with E-state index in [0.29, 0.717) is 12.1 Å². The second-order valence-corrected chi connectivity index (χ2v) is 6.09. The smallest absolute Gasteiger partial charge is 0.317 e. The van der Waals surface area contributed by atoms with Crippen LogP contribution < -0.4 is 5.32 Å². The summed E-state index contributed by atoms with van der Waals surface area (Å²) in [5.74, 6) is -0.876. The third kappa shape index (κ3) is 3.62. The van der Waals surface area contributed by atoms with E-state index in [2.05, 4.69) is 17.3 Å². The Labute approximate surface area is 120 Å². The summed E-state index contributed by atoms with van der Waals surface area (Å²) in [5, 5.41) is 11.7. The highest BCUT2D eigenvalue weighted by molar-refractivity contribution is 5.75. The maximum absolute atomic E-state index is 12.0. The van der Waals surface area contributed by atoms with Gasteiger partial charge in [-0.2, -0.15) is 0 Å². The molecule has 2 N–H and O–H groups in total. The molecule has 2 heterocycles. The molecule has 2 aliphatic rings. The molecule has 2 amide bonds. The average Bonchev–Trinajstić information content (AvgIpc) is 2.37. The second kappa shape index (κ2) is 6.43. The Hall–Kier alpha value is -1.30. The maximum Gasteiger partial charge on any atom is 0.317 e. The van der Waals surface area contributed by atoms with E-state index in [0.717, 1.165) is 12.8 Å². The summed E-state index contributed by atoms with van der Waals surface area (Å²) >= 11 is 0. The molecular formula is C14H25N3O3. The topological polar surface area (TPSA) is 72.9 Å². The average molecular weight is 283 g/mol. The second-order valence-electron chi connectivity index (χ2n) is 6.09. The number of hydrogen-bond acceptors (Lipinski definition) is 3. The van der Waals surface area contributed by atoms with Crippen LogP contribution in [0.5, 0.6) is 0 Å². The van der Waals surface area contributed by atoms with E-state index in [1.807, 2.05) is 0 Å². The lowest BCUT2D eigenvalue weighted by Crippen LogP contribution is -2.56. The van der Waals surface area contributed by atoms with E-state index in [4.69, 9.17) is 5.11 Å². The van der Waals surface area contributed by atoms with Crippen LogP contribution in [0.3, 0.4) is 0 Å². The molecule has 2 fully saturated rings. The minimum absolute atomic E-state index is 0.0113. The van der Waals surface area contributed by atoms with Crippen molar-refractivity contribution in [2.24, 2.45) is 0 Å². The molecule has 114 valence electrons. The molecule has 2 bridgehead atoms. The van der Waals surface area contributed by atoms with Crippen molar-refractivity contribution in [2.75, 3.05) is 20.6 Å². The lowest BCUT2D eigenvalue weighted by atomic mass is 9.82. The Morgan fingerprint density at radius 1 is 1.30 bits per heavy atom. The van der Waals surface area contributed by atoms with Crippen LogP contribution in [0.25, 0.3) is 0 Å². The third-order valence-corrected chi connectivity index (χ3v) is 4.68. The van der Waals surface area contributed by atoms with Crippen molar-refractivity contribution in [3.05, 3.63) is 0 Å². The monoisotopic (exact) mass is 283 g/mol. The molecule has 0 aromatic carbocycles. The van der Waals surface area contributed by atoms with Gasteiger partial charge in [-0.25, -0.2) is 4.79 Å². The van der Waals surface area contributed by atoms with Gasteiger partial charge in [0.05, 0.1) is 6.42 Å². The van der Waals surface area contributed by atoms with Gasteiger partial charge in [0.2, 0.25) is 0 Å². The third-order valence-electron chi connectivity index (χ3n) is 4.68. The van der Waals surface area contributed by atoms with E-state index >= 15 is 0 Å². The molecule has 2 atom stereocenters. The molecule has 2 unspecified atom stereocenters. The van der Waals surface area contributed by atoms with Crippen LogP contribution in [0.1, 0.15) is 38.5 Å². The summed E-state index contributed by atoms with van der Waals surface area (Å²) in [6.45, 7) is 0.251. The predicted molar refractivity (Wildman–Crippen MR) is 75.6 cm³/mol. The van der Waals surface area contributed by atoms with E-state index in [9.17, 15) is 9.59 Å². The van der Waals surface area contributed by atoms with Gasteiger partial charge in [-0.05, 0) is 32.7 Å². The standard InChI is InChI=1S/C14H25N3O3/c1-16(7-6-13(18)19)14(20)15-10-8-11-4-3-5-12(9-10)17(11)2/h10-12H,3-9H2,1-2H3,(H,15,20)(H,18,19). The lowest BCUT2D eigenvalue weighted by Gasteiger charge is -2.47. The Morgan fingerprint density at radius 3 is 2.45 bits per heavy atom. The van der Waals surface area contributed by atoms with Crippen LogP contribution >= 0.6 is 0 Å². The van der Waals surface area contributed by atoms with Gasteiger partial charge in [-0.1, -0.05) is 6.42 Å². The largest absolute Gasteiger partial charge is 0.481 e. The number of piperidine rings is 2. The van der Waals surface area contributed by atoms with Crippen molar-refractivity contribution in [1.29, 1.82) is 0 Å². The fourth-order valence-corrected chi connectivity index (χ4v) is 3.38. The number of rotatable bonds is 4. The van der Waals surface area contributed by atoms with Gasteiger partial charge < -0.3 is 20.2 Å². The Kier molecular flexibility index (Phi) is 4.86. The summed E-state index contributed by atoms with van der Waals surface area (Å²) in [6.07, 6.45) is 5.72. The van der Waals surface area contributed by atoms with Crippen molar-refractivity contribution in [3.8, 4) is 0 Å². The fraction of sp³-hybridized carbons (Fsp3) is 0.857. The van der Waals surface area contributed by atoms with Crippen molar-refractivity contribution in [3.63, 3.8) is 0 Å². The first kappa shape index (κ1) is 15.1. The van der Waals surface area contributed by atoms with Gasteiger partial charge >= 0.3 is 12.0 Å². The number of amides is 2. The number of hydrogen-bond donors (Lipinski definition) is 2. The Morgan fingerprint density at radius 2 is 1.90 bits per heavy atom. The highest BCUT2D eigenvalue weighted by atomic mass is 16.4. The summed E-state index contributed by atoms with van der Waals surface area (Å²) < 4.78 is 0. The fourth-order valence-electron chi connectivity index (χ4n) is 3.38. The van der Waals surface area contributed by atoms with Crippen LogP contribution in [-0.2, 0) is 4.79 Å². The SMILES string of the molecule is CN(CCC(=O)O)C(=O)NC1CC2CCCC(C1)N2C. The zero-order valence-corrected chi connectivity index (χ0v) is 12.3. The molecule has 0 aromatic heterocycles. The maximum atomic E-state index is 12.0. The minimum Gasteiger partial charge on any atom is -0.481 e. The highest BCUT2D eigenvalue weighted by Gasteiger charge is 2.36. The molecule has 0 aromatic rings. The van der Waals surface area contributed by atoms with Crippen LogP contribution in [0.2, 0.25) is 0 Å². The normalized spacial score (nSPS) is 29.8. The summed E-state index contributed by atoms with van der Waals surface area (Å²) in [5.41, 5.74) is 0. The van der Waals surface area contributed by atoms with E-state index in [-0.39, 0.29) is 25.0 Å². The Balaban J connectivity index is 1.81. The molecule has 6 heteroatoms. The van der Waals surface area contributed by atoms with Crippen molar-refractivity contribution >= 4 is 12.0 Å². The van der Waals surface area contributed by atoms with Crippen molar-refractivity contribution < 1.29 is 14.7 Å². The summed E-state index contributed by atoms with van der Waals surface area (Å²) in [7, 11) is 3.83. The molecule has 0 spiro atoms. The minimum atomic E-state index is -0.876. The van der Waals surface area contributed by atoms with Gasteiger partial charge in [-0.15, -0.1) is 0 Å². The number of carbonyl (C=O) groups is 2. The summed E-state index contributed by atoms with van der Waals surface area (Å²) in [6, 6.07) is 1.23. The molecule has 20 heavy (non-hydrogen) atoms. The van der Waals surface area contributed by atoms with E-state index in [1.54, 1.807) is 7.05 Å². The molecule has 0 aliphatic carbocycles. The number of carboxylic acid groups (broad SMARTS) is 1. The van der Waals surface area contributed by atoms with Crippen LogP contribution in [-0.4, -0.2) is 65.7 Å². The predicted octanol–water partition coefficient (Wildman–Crippen LogP) is 1.12. The lowest BCUT2D eigenvalue weighted by molar-refractivity contribution is -0.137. The molecule has 2 aliphatic heterocycles. The molecular weight excluding hydrogens is 258 g/mol. The van der Waals surface area contributed by atoms with Crippen LogP contribution in [0, 0.1) is 0 Å². The van der Waals surface area contributed by atoms with E-state index < -0.39 is 5.97 Å². The first-order valence-corrected chi connectivity index (χ1v) is 7.42. The van der Waals surface area contributed by atoms with Crippen molar-refractivity contribution in [1.82, 2.24) is 15.1 Å². The number of fused-ring (bicyclic) bond motifs is 2. The zero-order valence-electron chi connectivity index (χ0n) is 12.3. The summed E-state index contributed by atoms with van der Waals surface area (Å²) in [4.78, 5) is 26.5. The van der Waals surface area contributed by atoms with E-state index in [1.165, 1.54) is 24.2 Å². The van der Waals surface area contributed by atoms with Gasteiger partial charge in [0.25, 0.3) is 0 Å². The van der Waals surface area contributed by atoms with Crippen LogP contribution in [0.4, 0.5) is 4.79 Å². The van der Waals surface area contributed by atoms with Crippen LogP contribution in [0.15, 0.2) is 0 Å². The number of aliphatic carboxylic acids is 1. The number of carboxylic acids is 1. The number of carbonyl (C=O) groups excluding carboxylic acids is 1. The number of nitrogens with one attached hydrogen (secondary N) is 1. The quantitative estimate of drug-likeness (QED) is 0.811.